The number of carbonyl (C=O) groups excluding carboxylic acids is 2. The second-order valence-electron chi connectivity index (χ2n) is 4.72. The minimum atomic E-state index is -0.495. The van der Waals surface area contributed by atoms with Crippen molar-refractivity contribution in [2.24, 2.45) is 0 Å². The number of rotatable bonds is 3. The molecule has 3 rings (SSSR count). The molecule has 1 aliphatic rings. The van der Waals surface area contributed by atoms with Crippen LogP contribution in [-0.2, 0) is 9.59 Å². The number of nitrogens with zero attached hydrogens (tertiary/aromatic N) is 1. The number of ether oxygens (including phenoxy) is 1. The average molecular weight is 344 g/mol. The second-order valence-corrected chi connectivity index (χ2v) is 5.88. The predicted octanol–water partition coefficient (Wildman–Crippen LogP) is 2.59. The molecule has 7 heteroatoms. The van der Waals surface area contributed by atoms with Crippen LogP contribution in [-0.4, -0.2) is 24.0 Å². The molecule has 1 N–H and O–H groups in total. The van der Waals surface area contributed by atoms with Crippen LogP contribution < -0.4 is 15.0 Å². The lowest BCUT2D eigenvalue weighted by Gasteiger charge is -2.29. The molecule has 2 heterocycles. The van der Waals surface area contributed by atoms with E-state index in [2.05, 4.69) is 5.32 Å². The van der Waals surface area contributed by atoms with Crippen molar-refractivity contribution in [3.8, 4) is 5.75 Å². The fourth-order valence-electron chi connectivity index (χ4n) is 2.17. The van der Waals surface area contributed by atoms with Crippen molar-refractivity contribution in [1.29, 1.82) is 0 Å². The van der Waals surface area contributed by atoms with Crippen LogP contribution >= 0.6 is 23.6 Å². The van der Waals surface area contributed by atoms with Gasteiger partial charge in [-0.15, -0.1) is 0 Å². The van der Waals surface area contributed by atoms with Crippen molar-refractivity contribution in [1.82, 2.24) is 5.32 Å². The molecule has 0 bridgehead atoms. The largest absolute Gasteiger partial charge is 0.497 e. The zero-order valence-electron chi connectivity index (χ0n) is 12.1. The lowest BCUT2D eigenvalue weighted by Crippen LogP contribution is -2.54. The highest BCUT2D eigenvalue weighted by Gasteiger charge is 2.34. The third kappa shape index (κ3) is 3.01. The van der Waals surface area contributed by atoms with E-state index in [-0.39, 0.29) is 10.7 Å². The average Bonchev–Trinajstić information content (AvgIpc) is 3.04. The maximum atomic E-state index is 12.7. The van der Waals surface area contributed by atoms with E-state index in [1.807, 2.05) is 16.8 Å². The number of nitrogens with one attached hydrogen (secondary N) is 1. The summed E-state index contributed by atoms with van der Waals surface area (Å²) in [4.78, 5) is 26.1. The monoisotopic (exact) mass is 344 g/mol. The molecule has 0 atom stereocenters. The van der Waals surface area contributed by atoms with Crippen LogP contribution in [0.1, 0.15) is 5.56 Å². The van der Waals surface area contributed by atoms with Crippen molar-refractivity contribution in [2.45, 2.75) is 0 Å². The maximum Gasteiger partial charge on any atom is 0.270 e. The van der Waals surface area contributed by atoms with E-state index in [9.17, 15) is 9.59 Å². The summed E-state index contributed by atoms with van der Waals surface area (Å²) in [7, 11) is 1.54. The van der Waals surface area contributed by atoms with Gasteiger partial charge in [0.15, 0.2) is 5.11 Å². The van der Waals surface area contributed by atoms with Crippen LogP contribution in [0.5, 0.6) is 5.75 Å². The highest BCUT2D eigenvalue weighted by atomic mass is 32.1. The molecule has 0 saturated carbocycles. The van der Waals surface area contributed by atoms with E-state index in [0.29, 0.717) is 11.4 Å². The van der Waals surface area contributed by atoms with Gasteiger partial charge in [0.05, 0.1) is 12.8 Å². The highest BCUT2D eigenvalue weighted by Crippen LogP contribution is 2.25. The molecule has 1 aromatic carbocycles. The summed E-state index contributed by atoms with van der Waals surface area (Å²) in [5.41, 5.74) is 1.38. The summed E-state index contributed by atoms with van der Waals surface area (Å²) < 4.78 is 5.17. The van der Waals surface area contributed by atoms with Gasteiger partial charge < -0.3 is 4.74 Å². The first-order chi connectivity index (χ1) is 11.1. The molecule has 23 heavy (non-hydrogen) atoms. The fourth-order valence-corrected chi connectivity index (χ4v) is 3.06. The minimum absolute atomic E-state index is 0.0415. The topological polar surface area (TPSA) is 58.6 Å². The van der Waals surface area contributed by atoms with Crippen LogP contribution in [0.25, 0.3) is 6.08 Å². The van der Waals surface area contributed by atoms with Gasteiger partial charge in [0.1, 0.15) is 11.3 Å². The van der Waals surface area contributed by atoms with E-state index < -0.39 is 11.8 Å². The van der Waals surface area contributed by atoms with Crippen LogP contribution in [0, 0.1) is 0 Å². The number of benzene rings is 1. The Bertz CT molecular complexity index is 812. The lowest BCUT2D eigenvalue weighted by molar-refractivity contribution is -0.122. The number of hydrogen-bond donors (Lipinski definition) is 1. The number of carbonyl (C=O) groups is 2. The van der Waals surface area contributed by atoms with Crippen molar-refractivity contribution < 1.29 is 14.3 Å². The summed E-state index contributed by atoms with van der Waals surface area (Å²) in [6.45, 7) is 0. The van der Waals surface area contributed by atoms with Gasteiger partial charge in [-0.1, -0.05) is 6.07 Å². The highest BCUT2D eigenvalue weighted by molar-refractivity contribution is 7.80. The number of thiophene rings is 1. The molecule has 5 nitrogen and oxygen atoms in total. The first-order valence-corrected chi connectivity index (χ1v) is 8.03. The zero-order chi connectivity index (χ0) is 16.4. The number of amides is 2. The Hall–Kier alpha value is -2.51. The molecule has 1 saturated heterocycles. The molecule has 2 amide bonds. The molecule has 1 fully saturated rings. The molecule has 116 valence electrons. The standard InChI is InChI=1S/C16H12N2O3S2/c1-21-12-4-2-3-11(8-12)18-15(20)13(14(19)17-16(18)22)7-10-5-6-23-9-10/h2-9H,1H3,(H,17,19,22). The predicted molar refractivity (Wildman–Crippen MR) is 93.5 cm³/mol. The Labute approximate surface area is 142 Å². The maximum absolute atomic E-state index is 12.7. The molecule has 0 aliphatic carbocycles. The normalized spacial score (nSPS) is 16.7. The molecular weight excluding hydrogens is 332 g/mol. The van der Waals surface area contributed by atoms with E-state index >= 15 is 0 Å². The van der Waals surface area contributed by atoms with E-state index in [1.54, 1.807) is 37.5 Å². The number of thiocarbonyl (C=S) groups is 1. The van der Waals surface area contributed by atoms with Crippen LogP contribution in [0.2, 0.25) is 0 Å². The van der Waals surface area contributed by atoms with E-state index in [1.165, 1.54) is 16.2 Å². The zero-order valence-corrected chi connectivity index (χ0v) is 13.7. The van der Waals surface area contributed by atoms with Gasteiger partial charge in [0.25, 0.3) is 11.8 Å². The lowest BCUT2D eigenvalue weighted by atomic mass is 10.1. The molecule has 1 aliphatic heterocycles. The van der Waals surface area contributed by atoms with Crippen molar-refractivity contribution >= 4 is 52.2 Å². The second kappa shape index (κ2) is 6.31. The summed E-state index contributed by atoms with van der Waals surface area (Å²) in [6, 6.07) is 8.77. The number of anilines is 1. The smallest absolute Gasteiger partial charge is 0.270 e. The summed E-state index contributed by atoms with van der Waals surface area (Å²) in [5, 5.41) is 6.34. The quantitative estimate of drug-likeness (QED) is 0.528. The van der Waals surface area contributed by atoms with E-state index in [4.69, 9.17) is 17.0 Å². The van der Waals surface area contributed by atoms with Gasteiger partial charge in [-0.05, 0) is 52.8 Å². The van der Waals surface area contributed by atoms with Gasteiger partial charge in [0, 0.05) is 6.07 Å². The van der Waals surface area contributed by atoms with Gasteiger partial charge in [-0.2, -0.15) is 11.3 Å². The van der Waals surface area contributed by atoms with Gasteiger partial charge in [-0.3, -0.25) is 19.8 Å². The fraction of sp³-hybridized carbons (Fsp3) is 0.0625. The Morgan fingerprint density at radius 3 is 2.83 bits per heavy atom. The molecule has 0 unspecified atom stereocenters. The molecule has 0 radical (unpaired) electrons. The molecular formula is C16H12N2O3S2. The Kier molecular flexibility index (Phi) is 4.22. The van der Waals surface area contributed by atoms with Gasteiger partial charge in [-0.25, -0.2) is 0 Å². The van der Waals surface area contributed by atoms with Crippen LogP contribution in [0.4, 0.5) is 5.69 Å². The van der Waals surface area contributed by atoms with Gasteiger partial charge in [0.2, 0.25) is 0 Å². The number of methoxy groups -OCH3 is 1. The molecule has 2 aromatic rings. The third-order valence-electron chi connectivity index (χ3n) is 3.27. The summed E-state index contributed by atoms with van der Waals surface area (Å²) >= 11 is 6.64. The van der Waals surface area contributed by atoms with E-state index in [0.717, 1.165) is 5.56 Å². The Morgan fingerprint density at radius 2 is 2.13 bits per heavy atom. The third-order valence-corrected chi connectivity index (χ3v) is 4.25. The minimum Gasteiger partial charge on any atom is -0.497 e. The van der Waals surface area contributed by atoms with Gasteiger partial charge >= 0.3 is 0 Å². The first kappa shape index (κ1) is 15.4. The SMILES string of the molecule is COc1cccc(N2C(=O)C(=Cc3ccsc3)C(=O)NC2=S)c1. The van der Waals surface area contributed by atoms with Crippen LogP contribution in [0.3, 0.4) is 0 Å². The Morgan fingerprint density at radius 1 is 1.30 bits per heavy atom. The molecule has 1 aromatic heterocycles. The van der Waals surface area contributed by atoms with Crippen molar-refractivity contribution in [2.75, 3.05) is 12.0 Å². The van der Waals surface area contributed by atoms with Crippen molar-refractivity contribution in [3.63, 3.8) is 0 Å². The van der Waals surface area contributed by atoms with Crippen molar-refractivity contribution in [3.05, 3.63) is 52.2 Å². The summed E-state index contributed by atoms with van der Waals surface area (Å²) in [5.74, 6) is -0.359. The number of hydrogen-bond acceptors (Lipinski definition) is 5. The Balaban J connectivity index is 2.01. The first-order valence-electron chi connectivity index (χ1n) is 6.68. The summed E-state index contributed by atoms with van der Waals surface area (Å²) in [6.07, 6.45) is 1.56. The molecule has 0 spiro atoms. The van der Waals surface area contributed by atoms with Crippen LogP contribution in [0.15, 0.2) is 46.7 Å².